The Morgan fingerprint density at radius 1 is 1.24 bits per heavy atom. The largest absolute Gasteiger partial charge is 0.416 e. The molecule has 1 aromatic heterocycles. The minimum atomic E-state index is -4.61. The van der Waals surface area contributed by atoms with Crippen molar-refractivity contribution in [2.75, 3.05) is 17.4 Å². The van der Waals surface area contributed by atoms with E-state index in [2.05, 4.69) is 4.98 Å². The summed E-state index contributed by atoms with van der Waals surface area (Å²) in [5.74, 6) is -0.179. The number of aromatic nitrogens is 1. The van der Waals surface area contributed by atoms with Crippen LogP contribution in [-0.2, 0) is 16.2 Å². The van der Waals surface area contributed by atoms with Crippen molar-refractivity contribution in [3.8, 4) is 0 Å². The van der Waals surface area contributed by atoms with Gasteiger partial charge < -0.3 is 5.73 Å². The number of hydrogen-bond donors (Lipinski definition) is 1. The van der Waals surface area contributed by atoms with E-state index in [1.807, 2.05) is 0 Å². The topological polar surface area (TPSA) is 76.3 Å². The maximum atomic E-state index is 12.9. The Morgan fingerprint density at radius 2 is 2.00 bits per heavy atom. The lowest BCUT2D eigenvalue weighted by Crippen LogP contribution is -2.30. The first kappa shape index (κ1) is 17.7. The minimum Gasteiger partial charge on any atom is -0.330 e. The van der Waals surface area contributed by atoms with Crippen LogP contribution in [0.2, 0.25) is 0 Å². The van der Waals surface area contributed by atoms with Crippen molar-refractivity contribution in [1.82, 2.24) is 4.98 Å². The van der Waals surface area contributed by atoms with Gasteiger partial charge in [0.1, 0.15) is 0 Å². The van der Waals surface area contributed by atoms with E-state index in [9.17, 15) is 21.6 Å². The summed E-state index contributed by atoms with van der Waals surface area (Å²) in [4.78, 5) is 3.83. The average molecular weight is 371 g/mol. The van der Waals surface area contributed by atoms with Gasteiger partial charge in [-0.1, -0.05) is 6.07 Å². The monoisotopic (exact) mass is 371 g/mol. The molecule has 0 saturated carbocycles. The molecule has 25 heavy (non-hydrogen) atoms. The number of halogens is 3. The molecule has 1 aliphatic heterocycles. The van der Waals surface area contributed by atoms with Crippen molar-refractivity contribution < 1.29 is 21.6 Å². The molecule has 0 saturated heterocycles. The third kappa shape index (κ3) is 3.21. The van der Waals surface area contributed by atoms with Gasteiger partial charge in [-0.3, -0.25) is 9.29 Å². The third-order valence-electron chi connectivity index (χ3n) is 4.12. The van der Waals surface area contributed by atoms with Gasteiger partial charge in [0.2, 0.25) is 0 Å². The standard InChI is InChI=1S/C16H16F3N3O2S/c17-16(18,19)12-3-1-4-13(9-12)25(23,24)22-10-11(6-7-20)15-14(22)5-2-8-21-15/h1-5,8-9,11H,6-7,10,20H2. The number of hydrogen-bond acceptors (Lipinski definition) is 4. The van der Waals surface area contributed by atoms with E-state index in [1.54, 1.807) is 18.3 Å². The van der Waals surface area contributed by atoms with Crippen LogP contribution < -0.4 is 10.0 Å². The number of sulfonamides is 1. The van der Waals surface area contributed by atoms with Crippen LogP contribution in [-0.4, -0.2) is 26.5 Å². The van der Waals surface area contributed by atoms with Gasteiger partial charge in [-0.2, -0.15) is 13.2 Å². The van der Waals surface area contributed by atoms with E-state index < -0.39 is 26.7 Å². The molecule has 5 nitrogen and oxygen atoms in total. The van der Waals surface area contributed by atoms with Gasteiger partial charge in [-0.15, -0.1) is 0 Å². The summed E-state index contributed by atoms with van der Waals surface area (Å²) >= 11 is 0. The predicted molar refractivity (Wildman–Crippen MR) is 86.6 cm³/mol. The number of anilines is 1. The zero-order valence-electron chi connectivity index (χ0n) is 13.1. The highest BCUT2D eigenvalue weighted by Gasteiger charge is 2.38. The summed E-state index contributed by atoms with van der Waals surface area (Å²) in [6.45, 7) is 0.472. The Labute approximate surface area is 143 Å². The Balaban J connectivity index is 2.04. The lowest BCUT2D eigenvalue weighted by molar-refractivity contribution is -0.137. The zero-order chi connectivity index (χ0) is 18.2. The van der Waals surface area contributed by atoms with Crippen LogP contribution >= 0.6 is 0 Å². The van der Waals surface area contributed by atoms with Crippen molar-refractivity contribution in [1.29, 1.82) is 0 Å². The number of nitrogens with two attached hydrogens (primary N) is 1. The van der Waals surface area contributed by atoms with Crippen LogP contribution in [0.15, 0.2) is 47.5 Å². The Hall–Kier alpha value is -2.13. The number of pyridine rings is 1. The summed E-state index contributed by atoms with van der Waals surface area (Å²) in [7, 11) is -4.13. The van der Waals surface area contributed by atoms with Crippen LogP contribution in [0.1, 0.15) is 23.6 Å². The van der Waals surface area contributed by atoms with E-state index in [-0.39, 0.29) is 12.5 Å². The Morgan fingerprint density at radius 3 is 2.68 bits per heavy atom. The molecular formula is C16H16F3N3O2S. The van der Waals surface area contributed by atoms with Gasteiger partial charge in [0.15, 0.2) is 0 Å². The molecule has 134 valence electrons. The molecule has 2 heterocycles. The molecule has 0 aliphatic carbocycles. The molecule has 1 aliphatic rings. The van der Waals surface area contributed by atoms with E-state index in [0.29, 0.717) is 30.4 Å². The van der Waals surface area contributed by atoms with Gasteiger partial charge >= 0.3 is 6.18 Å². The fourth-order valence-corrected chi connectivity index (χ4v) is 4.51. The van der Waals surface area contributed by atoms with Crippen molar-refractivity contribution in [2.45, 2.75) is 23.4 Å². The second-order valence-electron chi connectivity index (χ2n) is 5.74. The molecule has 1 unspecified atom stereocenters. The third-order valence-corrected chi connectivity index (χ3v) is 5.90. The Kier molecular flexibility index (Phi) is 4.46. The molecule has 0 amide bonds. The average Bonchev–Trinajstić information content (AvgIpc) is 2.94. The predicted octanol–water partition coefficient (Wildman–Crippen LogP) is 2.74. The fourth-order valence-electron chi connectivity index (χ4n) is 2.94. The second kappa shape index (κ2) is 6.30. The summed E-state index contributed by atoms with van der Waals surface area (Å²) in [5.41, 5.74) is 5.56. The van der Waals surface area contributed by atoms with Crippen molar-refractivity contribution in [3.05, 3.63) is 53.9 Å². The number of nitrogens with zero attached hydrogens (tertiary/aromatic N) is 2. The van der Waals surface area contributed by atoms with Crippen molar-refractivity contribution in [2.24, 2.45) is 5.73 Å². The highest BCUT2D eigenvalue weighted by Crippen LogP contribution is 2.40. The lowest BCUT2D eigenvalue weighted by atomic mass is 10.0. The SMILES string of the molecule is NCCC1CN(S(=O)(=O)c2cccc(C(F)(F)F)c2)c2cccnc21. The second-order valence-corrected chi connectivity index (χ2v) is 7.61. The van der Waals surface area contributed by atoms with Gasteiger partial charge in [-0.25, -0.2) is 8.42 Å². The summed E-state index contributed by atoms with van der Waals surface area (Å²) in [6, 6.07) is 6.95. The number of rotatable bonds is 4. The summed E-state index contributed by atoms with van der Waals surface area (Å²) in [5, 5.41) is 0. The number of benzene rings is 1. The highest BCUT2D eigenvalue weighted by molar-refractivity contribution is 7.92. The van der Waals surface area contributed by atoms with E-state index >= 15 is 0 Å². The first-order valence-electron chi connectivity index (χ1n) is 7.60. The number of fused-ring (bicyclic) bond motifs is 1. The molecule has 1 aromatic carbocycles. The molecule has 0 fully saturated rings. The smallest absolute Gasteiger partial charge is 0.330 e. The van der Waals surface area contributed by atoms with Crippen LogP contribution in [0.4, 0.5) is 18.9 Å². The molecule has 0 radical (unpaired) electrons. The summed E-state index contributed by atoms with van der Waals surface area (Å²) in [6.07, 6.45) is -2.51. The zero-order valence-corrected chi connectivity index (χ0v) is 13.9. The maximum absolute atomic E-state index is 12.9. The highest BCUT2D eigenvalue weighted by atomic mass is 32.2. The van der Waals surface area contributed by atoms with E-state index in [1.165, 1.54) is 0 Å². The summed E-state index contributed by atoms with van der Waals surface area (Å²) < 4.78 is 65.7. The van der Waals surface area contributed by atoms with Crippen molar-refractivity contribution in [3.63, 3.8) is 0 Å². The number of alkyl halides is 3. The van der Waals surface area contributed by atoms with Gasteiger partial charge in [-0.05, 0) is 43.3 Å². The van der Waals surface area contributed by atoms with Gasteiger partial charge in [0.05, 0.1) is 21.8 Å². The molecule has 2 N–H and O–H groups in total. The molecule has 0 spiro atoms. The van der Waals surface area contributed by atoms with E-state index in [0.717, 1.165) is 22.5 Å². The minimum absolute atomic E-state index is 0.113. The normalized spacial score (nSPS) is 17.6. The molecule has 9 heteroatoms. The molecule has 3 rings (SSSR count). The van der Waals surface area contributed by atoms with Crippen molar-refractivity contribution >= 4 is 15.7 Å². The molecule has 2 aromatic rings. The van der Waals surface area contributed by atoms with Gasteiger partial charge in [0, 0.05) is 18.7 Å². The van der Waals surface area contributed by atoms with Crippen LogP contribution in [0.5, 0.6) is 0 Å². The van der Waals surface area contributed by atoms with Crippen LogP contribution in [0, 0.1) is 0 Å². The molecule has 0 bridgehead atoms. The van der Waals surface area contributed by atoms with E-state index in [4.69, 9.17) is 5.73 Å². The first-order valence-corrected chi connectivity index (χ1v) is 9.04. The Bertz CT molecular complexity index is 884. The molecular weight excluding hydrogens is 355 g/mol. The fraction of sp³-hybridized carbons (Fsp3) is 0.312. The quantitative estimate of drug-likeness (QED) is 0.897. The van der Waals surface area contributed by atoms with Crippen LogP contribution in [0.25, 0.3) is 0 Å². The molecule has 1 atom stereocenters. The maximum Gasteiger partial charge on any atom is 0.416 e. The van der Waals surface area contributed by atoms with Crippen LogP contribution in [0.3, 0.4) is 0 Å². The first-order chi connectivity index (χ1) is 11.7. The van der Waals surface area contributed by atoms with Gasteiger partial charge in [0.25, 0.3) is 10.0 Å². The lowest BCUT2D eigenvalue weighted by Gasteiger charge is -2.20.